The topological polar surface area (TPSA) is 140 Å². The Morgan fingerprint density at radius 3 is 2.42 bits per heavy atom. The number of allylic oxidation sites excluding steroid dienone is 1. The van der Waals surface area contributed by atoms with Crippen LogP contribution in [-0.2, 0) is 25.7 Å². The fraction of sp³-hybridized carbons (Fsp3) is 0.592. The minimum absolute atomic E-state index is 0.00867. The van der Waals surface area contributed by atoms with Gasteiger partial charge in [-0.3, -0.25) is 4.79 Å². The number of ether oxygens (including phenoxy) is 4. The van der Waals surface area contributed by atoms with Crippen LogP contribution < -0.4 is 9.47 Å². The molecule has 0 aromatic heterocycles. The number of oxime groups is 1. The summed E-state index contributed by atoms with van der Waals surface area (Å²) >= 11 is 0. The maximum atomic E-state index is 14.9. The minimum atomic E-state index is -1.36. The molecule has 11 nitrogen and oxygen atoms in total. The summed E-state index contributed by atoms with van der Waals surface area (Å²) < 4.78 is 26.5. The first-order valence-electron chi connectivity index (χ1n) is 22.4. The molecule has 1 heterocycles. The van der Waals surface area contributed by atoms with E-state index in [1.54, 1.807) is 12.2 Å². The summed E-state index contributed by atoms with van der Waals surface area (Å²) in [6.07, 6.45) is 16.8. The van der Waals surface area contributed by atoms with Crippen LogP contribution >= 0.6 is 0 Å². The van der Waals surface area contributed by atoms with Crippen molar-refractivity contribution in [1.29, 1.82) is 0 Å². The first-order chi connectivity index (χ1) is 29.5. The van der Waals surface area contributed by atoms with Gasteiger partial charge >= 0.3 is 0 Å². The normalized spacial score (nSPS) is 25.1. The smallest absolute Gasteiger partial charge is 0.239 e. The van der Waals surface area contributed by atoms with E-state index < -0.39 is 17.7 Å². The van der Waals surface area contributed by atoms with Crippen molar-refractivity contribution in [2.24, 2.45) is 28.8 Å². The molecule has 11 heteroatoms. The lowest BCUT2D eigenvalue weighted by atomic mass is 9.55. The van der Waals surface area contributed by atoms with E-state index in [1.165, 1.54) is 12.8 Å². The van der Waals surface area contributed by atoms with Gasteiger partial charge in [0, 0.05) is 44.1 Å². The summed E-state index contributed by atoms with van der Waals surface area (Å²) in [6.45, 7) is 9.51. The average molecular weight is 829 g/mol. The molecule has 4 aliphatic rings. The second-order valence-electron chi connectivity index (χ2n) is 16.7. The fourth-order valence-electron chi connectivity index (χ4n) is 10.2. The number of rotatable bonds is 26. The third-order valence-electron chi connectivity index (χ3n) is 12.9. The second-order valence-corrected chi connectivity index (χ2v) is 16.7. The Morgan fingerprint density at radius 2 is 1.68 bits per heavy atom. The molecule has 6 rings (SSSR count). The number of amides is 1. The Hall–Kier alpha value is -4.00. The number of benzene rings is 2. The van der Waals surface area contributed by atoms with Gasteiger partial charge in [-0.2, -0.15) is 0 Å². The number of nitrogens with zero attached hydrogens (tertiary/aromatic N) is 2. The first-order valence-corrected chi connectivity index (χ1v) is 22.4. The Labute approximate surface area is 357 Å². The summed E-state index contributed by atoms with van der Waals surface area (Å²) in [5.41, 5.74) is 3.73. The van der Waals surface area contributed by atoms with E-state index in [4.69, 9.17) is 28.9 Å². The van der Waals surface area contributed by atoms with Gasteiger partial charge in [0.1, 0.15) is 30.8 Å². The summed E-state index contributed by atoms with van der Waals surface area (Å²) in [5.74, 6) is 0.181. The third kappa shape index (κ3) is 11.1. The summed E-state index contributed by atoms with van der Waals surface area (Å²) in [6, 6.07) is 15.3. The molecule has 3 aliphatic carbocycles. The van der Waals surface area contributed by atoms with Crippen LogP contribution in [0.4, 0.5) is 0 Å². The Morgan fingerprint density at radius 1 is 0.917 bits per heavy atom. The molecule has 3 N–H and O–H groups in total. The quantitative estimate of drug-likeness (QED) is 0.0491. The van der Waals surface area contributed by atoms with Crippen LogP contribution in [0.3, 0.4) is 0 Å². The van der Waals surface area contributed by atoms with E-state index in [-0.39, 0.29) is 76.5 Å². The molecule has 0 spiro atoms. The number of hydrogen-bond acceptors (Lipinski definition) is 10. The van der Waals surface area contributed by atoms with Gasteiger partial charge in [0.15, 0.2) is 0 Å². The van der Waals surface area contributed by atoms with Gasteiger partial charge in [-0.05, 0) is 79.2 Å². The molecule has 328 valence electrons. The zero-order valence-corrected chi connectivity index (χ0v) is 35.5. The third-order valence-corrected chi connectivity index (χ3v) is 12.9. The summed E-state index contributed by atoms with van der Waals surface area (Å²) in [7, 11) is 0. The molecule has 2 fully saturated rings. The van der Waals surface area contributed by atoms with Crippen molar-refractivity contribution in [3.8, 4) is 11.5 Å². The van der Waals surface area contributed by atoms with Crippen molar-refractivity contribution in [1.82, 2.24) is 4.90 Å². The van der Waals surface area contributed by atoms with E-state index in [0.717, 1.165) is 67.4 Å². The maximum absolute atomic E-state index is 14.9. The Bertz CT molecular complexity index is 1730. The Kier molecular flexibility index (Phi) is 17.7. The number of unbranched alkanes of at least 4 members (excludes halogenated alkanes) is 2. The molecular weight excluding hydrogens is 761 g/mol. The lowest BCUT2D eigenvalue weighted by Crippen LogP contribution is -2.70. The van der Waals surface area contributed by atoms with Gasteiger partial charge in [0.2, 0.25) is 11.7 Å². The number of hydrogen-bond donors (Lipinski definition) is 3. The molecule has 1 amide bonds. The number of fused-ring (bicyclic) bond motifs is 2. The fourth-order valence-corrected chi connectivity index (χ4v) is 10.2. The van der Waals surface area contributed by atoms with Crippen molar-refractivity contribution in [2.45, 2.75) is 108 Å². The van der Waals surface area contributed by atoms with E-state index in [2.05, 4.69) is 25.3 Å². The minimum Gasteiger partial charge on any atom is -0.490 e. The van der Waals surface area contributed by atoms with E-state index in [9.17, 15) is 20.1 Å². The molecule has 2 saturated carbocycles. The molecule has 6 atom stereocenters. The second kappa shape index (κ2) is 23.3. The van der Waals surface area contributed by atoms with Crippen molar-refractivity contribution in [2.75, 3.05) is 52.8 Å². The van der Waals surface area contributed by atoms with Gasteiger partial charge in [0.05, 0.1) is 38.1 Å². The van der Waals surface area contributed by atoms with Gasteiger partial charge in [0.25, 0.3) is 0 Å². The standard InChI is InChI=1S/C49H68N2O9/c1-3-28-57-39-21-22-44-42(33-39)47-40(19-11-13-26-53)38(18-10-12-25-52)32-41-43(50-59-35-37-16-6-5-7-17-37)34-45(49(60-44,48(41)47)58-29-4-2)51(24-30-56-31-27-54)46(55)23-20-36-14-8-9-15-36/h3-7,16-17,21-22,32-33,36,38,40,45,47-48,52-54H,1-2,8-15,18-20,23-31,34-35H2/t38-,40+,45-,47+,48+,49+/m0/s1. The van der Waals surface area contributed by atoms with Crippen molar-refractivity contribution >= 4 is 11.6 Å². The number of carbonyl (C=O) groups is 1. The number of aliphatic hydroxyl groups is 3. The largest absolute Gasteiger partial charge is 0.490 e. The summed E-state index contributed by atoms with van der Waals surface area (Å²) in [5, 5.41) is 34.4. The molecule has 0 bridgehead atoms. The molecule has 2 aromatic rings. The average Bonchev–Trinajstić information content (AvgIpc) is 3.80. The zero-order chi connectivity index (χ0) is 42.2. The lowest BCUT2D eigenvalue weighted by Gasteiger charge is -2.60. The molecule has 0 saturated heterocycles. The first kappa shape index (κ1) is 45.5. The van der Waals surface area contributed by atoms with Crippen LogP contribution in [0.1, 0.15) is 101 Å². The highest BCUT2D eigenvalue weighted by Crippen LogP contribution is 2.62. The van der Waals surface area contributed by atoms with E-state index in [0.29, 0.717) is 49.7 Å². The molecule has 2 aromatic carbocycles. The van der Waals surface area contributed by atoms with Crippen LogP contribution in [-0.4, -0.2) is 96.5 Å². The monoisotopic (exact) mass is 828 g/mol. The maximum Gasteiger partial charge on any atom is 0.239 e. The molecule has 0 radical (unpaired) electrons. The van der Waals surface area contributed by atoms with Crippen LogP contribution in [0.5, 0.6) is 11.5 Å². The molecular formula is C49H68N2O9. The van der Waals surface area contributed by atoms with Crippen molar-refractivity contribution in [3.05, 3.63) is 96.6 Å². The highest BCUT2D eigenvalue weighted by atomic mass is 16.7. The zero-order valence-electron chi connectivity index (χ0n) is 35.5. The molecule has 0 unspecified atom stereocenters. The van der Waals surface area contributed by atoms with Crippen LogP contribution in [0.2, 0.25) is 0 Å². The predicted molar refractivity (Wildman–Crippen MR) is 233 cm³/mol. The van der Waals surface area contributed by atoms with E-state index >= 15 is 0 Å². The molecule has 1 aliphatic heterocycles. The van der Waals surface area contributed by atoms with Gasteiger partial charge in [-0.1, -0.05) is 98.8 Å². The highest BCUT2D eigenvalue weighted by Gasteiger charge is 2.65. The van der Waals surface area contributed by atoms with Gasteiger partial charge < -0.3 is 44.0 Å². The van der Waals surface area contributed by atoms with Crippen molar-refractivity contribution in [3.63, 3.8) is 0 Å². The number of carbonyl (C=O) groups excluding carboxylic acids is 1. The molecule has 60 heavy (non-hydrogen) atoms. The van der Waals surface area contributed by atoms with E-state index in [1.807, 2.05) is 47.4 Å². The number of aliphatic hydroxyl groups excluding tert-OH is 3. The lowest BCUT2D eigenvalue weighted by molar-refractivity contribution is -0.258. The van der Waals surface area contributed by atoms with Crippen molar-refractivity contribution < 1.29 is 43.9 Å². The van der Waals surface area contributed by atoms with Gasteiger partial charge in [-0.15, -0.1) is 6.58 Å². The SMILES string of the molecule is C=CCOc1ccc2c(c1)[C@H]1[C@H](CCCCO)[C@@H](CCCCO)C=C3C(=NOCc4ccccc4)C[C@H](N(CCOCCO)C(=O)CCC4CCCC4)[C@@](OCC=C)(O2)[C@H]31. The summed E-state index contributed by atoms with van der Waals surface area (Å²) in [4.78, 5) is 23.0. The van der Waals surface area contributed by atoms with Crippen LogP contribution in [0.15, 0.2) is 90.6 Å². The van der Waals surface area contributed by atoms with Crippen LogP contribution in [0.25, 0.3) is 0 Å². The Balaban J connectivity index is 1.54. The van der Waals surface area contributed by atoms with Gasteiger partial charge in [-0.25, -0.2) is 0 Å². The highest BCUT2D eigenvalue weighted by molar-refractivity contribution is 6.03. The van der Waals surface area contributed by atoms with Crippen LogP contribution in [0, 0.1) is 23.7 Å². The predicted octanol–water partition coefficient (Wildman–Crippen LogP) is 7.89.